The molecule has 0 amide bonds. The van der Waals surface area contributed by atoms with Crippen LogP contribution in [0.2, 0.25) is 0 Å². The Morgan fingerprint density at radius 1 is 1.12 bits per heavy atom. The lowest BCUT2D eigenvalue weighted by Gasteiger charge is -2.29. The van der Waals surface area contributed by atoms with E-state index in [1.54, 1.807) is 0 Å². The number of pyridine rings is 1. The minimum absolute atomic E-state index is 0.377. The highest BCUT2D eigenvalue weighted by Crippen LogP contribution is 2.37. The summed E-state index contributed by atoms with van der Waals surface area (Å²) in [5, 5.41) is 11.3. The number of nitrogens with zero attached hydrogens (tertiary/aromatic N) is 1. The summed E-state index contributed by atoms with van der Waals surface area (Å²) in [6, 6.07) is 12.0. The SMILES string of the molecule is OC(c1ccc2ccccc2n1)C1CCC1. The molecule has 0 spiro atoms. The molecule has 0 aliphatic heterocycles. The maximum atomic E-state index is 10.1. The van der Waals surface area contributed by atoms with Crippen molar-refractivity contribution < 1.29 is 5.11 Å². The van der Waals surface area contributed by atoms with Crippen LogP contribution in [-0.2, 0) is 0 Å². The first-order valence-electron chi connectivity index (χ1n) is 5.88. The number of benzene rings is 1. The average molecular weight is 213 g/mol. The average Bonchev–Trinajstić information content (AvgIpc) is 2.26. The third kappa shape index (κ3) is 1.59. The molecule has 3 rings (SSSR count). The van der Waals surface area contributed by atoms with Crippen molar-refractivity contribution in [3.8, 4) is 0 Å². The normalized spacial score (nSPS) is 18.3. The number of aliphatic hydroxyl groups is 1. The fraction of sp³-hybridized carbons (Fsp3) is 0.357. The minimum Gasteiger partial charge on any atom is -0.387 e. The van der Waals surface area contributed by atoms with Crippen molar-refractivity contribution in [1.29, 1.82) is 0 Å². The van der Waals surface area contributed by atoms with Gasteiger partial charge in [0.25, 0.3) is 0 Å². The van der Waals surface area contributed by atoms with Crippen molar-refractivity contribution in [3.05, 3.63) is 42.1 Å². The van der Waals surface area contributed by atoms with Gasteiger partial charge in [-0.1, -0.05) is 30.7 Å². The van der Waals surface area contributed by atoms with Crippen molar-refractivity contribution in [2.45, 2.75) is 25.4 Å². The summed E-state index contributed by atoms with van der Waals surface area (Å²) in [5.74, 6) is 0.425. The highest BCUT2D eigenvalue weighted by Gasteiger charge is 2.27. The van der Waals surface area contributed by atoms with Gasteiger partial charge in [-0.05, 0) is 30.9 Å². The second-order valence-electron chi connectivity index (χ2n) is 4.56. The molecule has 1 saturated carbocycles. The monoisotopic (exact) mass is 213 g/mol. The molecule has 2 heteroatoms. The summed E-state index contributed by atoms with van der Waals surface area (Å²) in [6.07, 6.45) is 3.14. The Bertz CT molecular complexity index is 505. The fourth-order valence-corrected chi connectivity index (χ4v) is 2.24. The lowest BCUT2D eigenvalue weighted by Crippen LogP contribution is -2.20. The molecule has 1 aromatic carbocycles. The summed E-state index contributed by atoms with van der Waals surface area (Å²) in [4.78, 5) is 4.53. The lowest BCUT2D eigenvalue weighted by atomic mass is 9.80. The quantitative estimate of drug-likeness (QED) is 0.831. The number of aliphatic hydroxyl groups excluding tert-OH is 1. The summed E-state index contributed by atoms with van der Waals surface area (Å²) in [5.41, 5.74) is 1.79. The van der Waals surface area contributed by atoms with Gasteiger partial charge in [-0.25, -0.2) is 0 Å². The van der Waals surface area contributed by atoms with Gasteiger partial charge >= 0.3 is 0 Å². The molecule has 1 unspecified atom stereocenters. The predicted octanol–water partition coefficient (Wildman–Crippen LogP) is 3.07. The molecule has 1 heterocycles. The Kier molecular flexibility index (Phi) is 2.37. The standard InChI is InChI=1S/C14H15NO/c16-14(11-5-3-6-11)13-9-8-10-4-1-2-7-12(10)15-13/h1-2,4,7-9,11,14,16H,3,5-6H2. The molecule has 1 atom stereocenters. The molecular formula is C14H15NO. The number of hydrogen-bond donors (Lipinski definition) is 1. The summed E-state index contributed by atoms with van der Waals surface area (Å²) in [6.45, 7) is 0. The van der Waals surface area contributed by atoms with Crippen LogP contribution in [0.4, 0.5) is 0 Å². The molecule has 1 N–H and O–H groups in total. The molecule has 1 aromatic heterocycles. The third-order valence-corrected chi connectivity index (χ3v) is 3.52. The van der Waals surface area contributed by atoms with E-state index >= 15 is 0 Å². The first kappa shape index (κ1) is 9.79. The van der Waals surface area contributed by atoms with E-state index in [-0.39, 0.29) is 6.10 Å². The smallest absolute Gasteiger partial charge is 0.0988 e. The van der Waals surface area contributed by atoms with Crippen molar-refractivity contribution >= 4 is 10.9 Å². The third-order valence-electron chi connectivity index (χ3n) is 3.52. The van der Waals surface area contributed by atoms with E-state index in [1.807, 2.05) is 36.4 Å². The van der Waals surface area contributed by atoms with Crippen LogP contribution in [0.1, 0.15) is 31.1 Å². The van der Waals surface area contributed by atoms with Gasteiger partial charge in [0.05, 0.1) is 17.3 Å². The summed E-state index contributed by atoms with van der Waals surface area (Å²) >= 11 is 0. The highest BCUT2D eigenvalue weighted by atomic mass is 16.3. The van der Waals surface area contributed by atoms with Crippen LogP contribution < -0.4 is 0 Å². The number of fused-ring (bicyclic) bond motifs is 1. The number of rotatable bonds is 2. The van der Waals surface area contributed by atoms with Gasteiger partial charge in [0.2, 0.25) is 0 Å². The minimum atomic E-state index is -0.377. The molecule has 82 valence electrons. The van der Waals surface area contributed by atoms with Gasteiger partial charge in [0, 0.05) is 5.39 Å². The van der Waals surface area contributed by atoms with Crippen LogP contribution in [-0.4, -0.2) is 10.1 Å². The molecule has 1 aliphatic rings. The first-order chi connectivity index (χ1) is 7.84. The van der Waals surface area contributed by atoms with Crippen LogP contribution in [0, 0.1) is 5.92 Å². The van der Waals surface area contributed by atoms with Gasteiger partial charge < -0.3 is 5.11 Å². The zero-order chi connectivity index (χ0) is 11.0. The predicted molar refractivity (Wildman–Crippen MR) is 64.0 cm³/mol. The zero-order valence-electron chi connectivity index (χ0n) is 9.13. The maximum absolute atomic E-state index is 10.1. The van der Waals surface area contributed by atoms with Crippen molar-refractivity contribution in [3.63, 3.8) is 0 Å². The van der Waals surface area contributed by atoms with Crippen molar-refractivity contribution in [2.75, 3.05) is 0 Å². The Labute approximate surface area is 94.9 Å². The van der Waals surface area contributed by atoms with Gasteiger partial charge in [-0.2, -0.15) is 0 Å². The Morgan fingerprint density at radius 2 is 1.94 bits per heavy atom. The highest BCUT2D eigenvalue weighted by molar-refractivity contribution is 5.78. The molecule has 2 nitrogen and oxygen atoms in total. The maximum Gasteiger partial charge on any atom is 0.0988 e. The van der Waals surface area contributed by atoms with Crippen molar-refractivity contribution in [2.24, 2.45) is 5.92 Å². The Hall–Kier alpha value is -1.41. The molecule has 2 aromatic rings. The van der Waals surface area contributed by atoms with E-state index in [9.17, 15) is 5.11 Å². The van der Waals surface area contributed by atoms with E-state index < -0.39 is 0 Å². The first-order valence-corrected chi connectivity index (χ1v) is 5.88. The summed E-state index contributed by atoms with van der Waals surface area (Å²) < 4.78 is 0. The molecule has 1 aliphatic carbocycles. The lowest BCUT2D eigenvalue weighted by molar-refractivity contribution is 0.0589. The largest absolute Gasteiger partial charge is 0.387 e. The number of hydrogen-bond acceptors (Lipinski definition) is 2. The number of aromatic nitrogens is 1. The molecule has 0 bridgehead atoms. The topological polar surface area (TPSA) is 33.1 Å². The molecule has 1 fully saturated rings. The van der Waals surface area contributed by atoms with Gasteiger partial charge in [0.1, 0.15) is 0 Å². The summed E-state index contributed by atoms with van der Waals surface area (Å²) in [7, 11) is 0. The fourth-order valence-electron chi connectivity index (χ4n) is 2.24. The van der Waals surface area contributed by atoms with E-state index in [1.165, 1.54) is 6.42 Å². The van der Waals surface area contributed by atoms with Crippen LogP contribution in [0.3, 0.4) is 0 Å². The zero-order valence-corrected chi connectivity index (χ0v) is 9.13. The van der Waals surface area contributed by atoms with Crippen LogP contribution in [0.5, 0.6) is 0 Å². The van der Waals surface area contributed by atoms with E-state index in [4.69, 9.17) is 0 Å². The molecular weight excluding hydrogens is 198 g/mol. The van der Waals surface area contributed by atoms with Crippen LogP contribution in [0.25, 0.3) is 10.9 Å². The van der Waals surface area contributed by atoms with Crippen LogP contribution in [0.15, 0.2) is 36.4 Å². The van der Waals surface area contributed by atoms with Gasteiger partial charge in [-0.3, -0.25) is 4.98 Å². The second kappa shape index (κ2) is 3.87. The van der Waals surface area contributed by atoms with E-state index in [2.05, 4.69) is 4.98 Å². The molecule has 0 radical (unpaired) electrons. The molecule has 0 saturated heterocycles. The van der Waals surface area contributed by atoms with Crippen molar-refractivity contribution in [1.82, 2.24) is 4.98 Å². The van der Waals surface area contributed by atoms with Gasteiger partial charge in [-0.15, -0.1) is 0 Å². The molecule has 16 heavy (non-hydrogen) atoms. The van der Waals surface area contributed by atoms with E-state index in [0.717, 1.165) is 29.4 Å². The van der Waals surface area contributed by atoms with E-state index in [0.29, 0.717) is 5.92 Å². The van der Waals surface area contributed by atoms with Gasteiger partial charge in [0.15, 0.2) is 0 Å². The number of para-hydroxylation sites is 1. The Balaban J connectivity index is 1.97. The second-order valence-corrected chi connectivity index (χ2v) is 4.56. The van der Waals surface area contributed by atoms with Crippen LogP contribution >= 0.6 is 0 Å². The Morgan fingerprint density at radius 3 is 2.69 bits per heavy atom.